The van der Waals surface area contributed by atoms with Crippen molar-refractivity contribution in [1.82, 2.24) is 10.2 Å². The number of nitrogens with zero attached hydrogens (tertiary/aromatic N) is 1. The number of anilines is 1. The maximum absolute atomic E-state index is 13.3. The first-order valence-electron chi connectivity index (χ1n) is 11.8. The highest BCUT2D eigenvalue weighted by atomic mass is 35.5. The second-order valence-electron chi connectivity index (χ2n) is 8.93. The molecule has 2 aromatic carbocycles. The Bertz CT molecular complexity index is 1130. The zero-order chi connectivity index (χ0) is 25.7. The van der Waals surface area contributed by atoms with Gasteiger partial charge in [0.25, 0.3) is 5.91 Å². The SMILES string of the molecule is COCC(=O)Nc1ccc2c(c1)C(=O)N(C)[C@@H]1CC[C@H](CC(=O)NCc3ccccc3Cl)O[C@@H]1CO2. The van der Waals surface area contributed by atoms with Crippen LogP contribution < -0.4 is 15.4 Å². The van der Waals surface area contributed by atoms with Crippen molar-refractivity contribution in [3.05, 3.63) is 58.6 Å². The maximum Gasteiger partial charge on any atom is 0.257 e. The van der Waals surface area contributed by atoms with E-state index >= 15 is 0 Å². The van der Waals surface area contributed by atoms with Gasteiger partial charge in [0.05, 0.1) is 24.1 Å². The van der Waals surface area contributed by atoms with Crippen molar-refractivity contribution in [2.75, 3.05) is 32.7 Å². The Balaban J connectivity index is 1.38. The van der Waals surface area contributed by atoms with Crippen LogP contribution in [0.5, 0.6) is 5.75 Å². The summed E-state index contributed by atoms with van der Waals surface area (Å²) in [5, 5.41) is 6.22. The van der Waals surface area contributed by atoms with E-state index in [0.29, 0.717) is 41.4 Å². The van der Waals surface area contributed by atoms with Crippen molar-refractivity contribution in [3.63, 3.8) is 0 Å². The van der Waals surface area contributed by atoms with Crippen molar-refractivity contribution >= 4 is 35.0 Å². The van der Waals surface area contributed by atoms with E-state index in [-0.39, 0.29) is 55.6 Å². The molecule has 0 radical (unpaired) electrons. The molecule has 9 nitrogen and oxygen atoms in total. The number of amides is 3. The van der Waals surface area contributed by atoms with Gasteiger partial charge in [-0.05, 0) is 42.7 Å². The van der Waals surface area contributed by atoms with Gasteiger partial charge < -0.3 is 29.7 Å². The highest BCUT2D eigenvalue weighted by Crippen LogP contribution is 2.32. The zero-order valence-electron chi connectivity index (χ0n) is 20.3. The van der Waals surface area contributed by atoms with Gasteiger partial charge in [0, 0.05) is 31.4 Å². The van der Waals surface area contributed by atoms with Crippen molar-refractivity contribution in [2.45, 2.75) is 44.1 Å². The fraction of sp³-hybridized carbons (Fsp3) is 0.423. The minimum Gasteiger partial charge on any atom is -0.490 e. The van der Waals surface area contributed by atoms with Crippen LogP contribution in [0.1, 0.15) is 35.2 Å². The molecule has 2 heterocycles. The molecule has 192 valence electrons. The van der Waals surface area contributed by atoms with E-state index in [0.717, 1.165) is 5.56 Å². The molecule has 2 aliphatic heterocycles. The highest BCUT2D eigenvalue weighted by Gasteiger charge is 2.39. The molecule has 3 atom stereocenters. The monoisotopic (exact) mass is 515 g/mol. The van der Waals surface area contributed by atoms with Gasteiger partial charge >= 0.3 is 0 Å². The molecule has 36 heavy (non-hydrogen) atoms. The smallest absolute Gasteiger partial charge is 0.257 e. The number of halogens is 1. The van der Waals surface area contributed by atoms with Crippen LogP contribution in [0.25, 0.3) is 0 Å². The second kappa shape index (κ2) is 11.7. The van der Waals surface area contributed by atoms with E-state index in [1.807, 2.05) is 18.2 Å². The molecule has 0 spiro atoms. The fourth-order valence-electron chi connectivity index (χ4n) is 4.55. The van der Waals surface area contributed by atoms with Crippen molar-refractivity contribution < 1.29 is 28.6 Å². The summed E-state index contributed by atoms with van der Waals surface area (Å²) in [7, 11) is 3.18. The van der Waals surface area contributed by atoms with E-state index < -0.39 is 0 Å². The Kier molecular flexibility index (Phi) is 8.45. The molecule has 0 aromatic heterocycles. The molecule has 0 bridgehead atoms. The zero-order valence-corrected chi connectivity index (χ0v) is 21.0. The summed E-state index contributed by atoms with van der Waals surface area (Å²) in [5.41, 5.74) is 1.71. The molecular weight excluding hydrogens is 486 g/mol. The summed E-state index contributed by atoms with van der Waals surface area (Å²) in [5.74, 6) is -0.240. The third kappa shape index (κ3) is 6.16. The third-order valence-corrected chi connectivity index (χ3v) is 6.79. The molecule has 3 amide bonds. The molecule has 10 heteroatoms. The number of carbonyl (C=O) groups excluding carboxylic acids is 3. The quantitative estimate of drug-likeness (QED) is 0.587. The first-order chi connectivity index (χ1) is 17.4. The van der Waals surface area contributed by atoms with Crippen LogP contribution in [0.4, 0.5) is 5.69 Å². The molecular formula is C26H30ClN3O6. The van der Waals surface area contributed by atoms with Gasteiger partial charge in [-0.25, -0.2) is 0 Å². The van der Waals surface area contributed by atoms with Crippen LogP contribution >= 0.6 is 11.6 Å². The molecule has 0 saturated carbocycles. The fourth-order valence-corrected chi connectivity index (χ4v) is 4.75. The lowest BCUT2D eigenvalue weighted by Crippen LogP contribution is -2.53. The normalized spacial score (nSPS) is 21.4. The lowest BCUT2D eigenvalue weighted by Gasteiger charge is -2.42. The van der Waals surface area contributed by atoms with Crippen LogP contribution in [0.2, 0.25) is 5.02 Å². The summed E-state index contributed by atoms with van der Waals surface area (Å²) in [6.45, 7) is 0.506. The summed E-state index contributed by atoms with van der Waals surface area (Å²) in [6, 6.07) is 12.1. The number of nitrogens with one attached hydrogen (secondary N) is 2. The first-order valence-corrected chi connectivity index (χ1v) is 12.2. The Hall–Kier alpha value is -3.14. The molecule has 2 aliphatic rings. The number of hydrogen-bond acceptors (Lipinski definition) is 6. The minimum atomic E-state index is -0.372. The highest BCUT2D eigenvalue weighted by molar-refractivity contribution is 6.31. The van der Waals surface area contributed by atoms with E-state index in [4.69, 9.17) is 25.8 Å². The number of benzene rings is 2. The lowest BCUT2D eigenvalue weighted by atomic mass is 9.94. The Labute approximate surface area is 215 Å². The topological polar surface area (TPSA) is 106 Å². The molecule has 0 aliphatic carbocycles. The van der Waals surface area contributed by atoms with Crippen LogP contribution in [0.3, 0.4) is 0 Å². The Morgan fingerprint density at radius 1 is 1.17 bits per heavy atom. The van der Waals surface area contributed by atoms with Gasteiger partial charge in [-0.2, -0.15) is 0 Å². The van der Waals surface area contributed by atoms with Crippen molar-refractivity contribution in [3.8, 4) is 5.75 Å². The molecule has 2 N–H and O–H groups in total. The second-order valence-corrected chi connectivity index (χ2v) is 9.34. The molecule has 2 aromatic rings. The van der Waals surface area contributed by atoms with Crippen molar-refractivity contribution in [2.24, 2.45) is 0 Å². The third-order valence-electron chi connectivity index (χ3n) is 6.42. The van der Waals surface area contributed by atoms with E-state index in [2.05, 4.69) is 10.6 Å². The van der Waals surface area contributed by atoms with Crippen LogP contribution in [-0.2, 0) is 25.6 Å². The lowest BCUT2D eigenvalue weighted by molar-refractivity contribution is -0.134. The standard InChI is InChI=1S/C26H30ClN3O6/c1-30-21-9-8-18(12-24(31)28-13-16-5-3-4-6-20(16)27)36-23(21)14-35-22-10-7-17(11-19(22)26(30)33)29-25(32)15-34-2/h3-7,10-11,18,21,23H,8-9,12-15H2,1-2H3,(H,28,31)(H,29,32)/t18-,21-,23-/m1/s1. The summed E-state index contributed by atoms with van der Waals surface area (Å²) < 4.78 is 17.0. The van der Waals surface area contributed by atoms with Crippen molar-refractivity contribution in [1.29, 1.82) is 0 Å². The number of ether oxygens (including phenoxy) is 3. The predicted molar refractivity (Wildman–Crippen MR) is 134 cm³/mol. The maximum atomic E-state index is 13.3. The van der Waals surface area contributed by atoms with E-state index in [9.17, 15) is 14.4 Å². The Morgan fingerprint density at radius 2 is 1.97 bits per heavy atom. The number of fused-ring (bicyclic) bond motifs is 2. The van der Waals surface area contributed by atoms with Gasteiger partial charge in [0.15, 0.2) is 0 Å². The first kappa shape index (κ1) is 25.9. The van der Waals surface area contributed by atoms with Crippen LogP contribution in [-0.4, -0.2) is 68.2 Å². The average molecular weight is 516 g/mol. The number of hydrogen-bond donors (Lipinski definition) is 2. The number of carbonyl (C=O) groups is 3. The minimum absolute atomic E-state index is 0.0816. The average Bonchev–Trinajstić information content (AvgIpc) is 2.86. The molecule has 4 rings (SSSR count). The summed E-state index contributed by atoms with van der Waals surface area (Å²) in [6.07, 6.45) is 0.883. The summed E-state index contributed by atoms with van der Waals surface area (Å²) in [4.78, 5) is 39.4. The summed E-state index contributed by atoms with van der Waals surface area (Å²) >= 11 is 6.16. The van der Waals surface area contributed by atoms with E-state index in [1.54, 1.807) is 36.2 Å². The largest absolute Gasteiger partial charge is 0.490 e. The molecule has 1 fully saturated rings. The van der Waals surface area contributed by atoms with Gasteiger partial charge in [0.1, 0.15) is 25.1 Å². The van der Waals surface area contributed by atoms with Crippen LogP contribution in [0.15, 0.2) is 42.5 Å². The number of likely N-dealkylation sites (N-methyl/N-ethyl adjacent to an activating group) is 1. The predicted octanol–water partition coefficient (Wildman–Crippen LogP) is 3.01. The van der Waals surface area contributed by atoms with Gasteiger partial charge in [-0.15, -0.1) is 0 Å². The Morgan fingerprint density at radius 3 is 2.75 bits per heavy atom. The van der Waals surface area contributed by atoms with Gasteiger partial charge in [-0.3, -0.25) is 14.4 Å². The molecule has 1 saturated heterocycles. The van der Waals surface area contributed by atoms with Gasteiger partial charge in [-0.1, -0.05) is 29.8 Å². The van der Waals surface area contributed by atoms with Gasteiger partial charge in [0.2, 0.25) is 11.8 Å². The number of methoxy groups -OCH3 is 1. The number of rotatable bonds is 7. The molecule has 0 unspecified atom stereocenters. The van der Waals surface area contributed by atoms with E-state index in [1.165, 1.54) is 7.11 Å². The van der Waals surface area contributed by atoms with Crippen LogP contribution in [0, 0.1) is 0 Å².